The first kappa shape index (κ1) is 29.9. The first-order valence-corrected chi connectivity index (χ1v) is 15.2. The first-order chi connectivity index (χ1) is 20.2. The lowest BCUT2D eigenvalue weighted by molar-refractivity contribution is -0.139. The normalized spacial score (nSPS) is 14.8. The molecule has 2 aromatic heterocycles. The van der Waals surface area contributed by atoms with Gasteiger partial charge in [-0.2, -0.15) is 0 Å². The van der Waals surface area contributed by atoms with E-state index in [0.717, 1.165) is 14.5 Å². The maximum absolute atomic E-state index is 14.0. The van der Waals surface area contributed by atoms with Crippen LogP contribution in [0, 0.1) is 0 Å². The minimum absolute atomic E-state index is 0.164. The van der Waals surface area contributed by atoms with Crippen LogP contribution in [-0.4, -0.2) is 38.5 Å². The van der Waals surface area contributed by atoms with E-state index in [1.807, 2.05) is 24.3 Å². The number of furan rings is 1. The minimum atomic E-state index is -0.860. The molecule has 0 bridgehead atoms. The third-order valence-electron chi connectivity index (χ3n) is 6.61. The fourth-order valence-corrected chi connectivity index (χ4v) is 6.59. The number of hydrogen-bond acceptors (Lipinski definition) is 9. The summed E-state index contributed by atoms with van der Waals surface area (Å²) >= 11 is 8.26. The molecule has 2 aromatic carbocycles. The van der Waals surface area contributed by atoms with Gasteiger partial charge < -0.3 is 23.4 Å². The molecule has 1 atom stereocenters. The van der Waals surface area contributed by atoms with Gasteiger partial charge in [-0.15, -0.1) is 0 Å². The van der Waals surface area contributed by atoms with Gasteiger partial charge >= 0.3 is 5.97 Å². The number of halogens is 2. The molecular weight excluding hydrogens is 692 g/mol. The number of benzene rings is 2. The van der Waals surface area contributed by atoms with Gasteiger partial charge in [0.05, 0.1) is 49.8 Å². The number of methoxy groups -OCH3 is 3. The number of ether oxygens (including phenoxy) is 4. The van der Waals surface area contributed by atoms with E-state index in [1.165, 1.54) is 37.2 Å². The predicted octanol–water partition coefficient (Wildman–Crippen LogP) is 5.61. The summed E-state index contributed by atoms with van der Waals surface area (Å²) in [5.74, 6) is 1.72. The summed E-state index contributed by atoms with van der Waals surface area (Å²) in [5, 5.41) is 0. The van der Waals surface area contributed by atoms with Gasteiger partial charge in [-0.25, -0.2) is 9.79 Å². The van der Waals surface area contributed by atoms with Crippen LogP contribution >= 0.6 is 43.2 Å². The second-order valence-electron chi connectivity index (χ2n) is 9.09. The van der Waals surface area contributed by atoms with Crippen LogP contribution in [0.1, 0.15) is 31.2 Å². The number of allylic oxidation sites excluding steroid dienone is 1. The molecule has 0 saturated carbocycles. The lowest BCUT2D eigenvalue weighted by Gasteiger charge is -2.26. The van der Waals surface area contributed by atoms with Crippen molar-refractivity contribution in [3.8, 4) is 28.6 Å². The molecule has 0 saturated heterocycles. The molecule has 3 heterocycles. The molecule has 0 radical (unpaired) electrons. The van der Waals surface area contributed by atoms with Crippen molar-refractivity contribution in [3.63, 3.8) is 0 Å². The van der Waals surface area contributed by atoms with Crippen molar-refractivity contribution < 1.29 is 28.2 Å². The van der Waals surface area contributed by atoms with Crippen LogP contribution in [0.3, 0.4) is 0 Å². The number of carbonyl (C=O) groups excluding carboxylic acids is 1. The van der Waals surface area contributed by atoms with Crippen LogP contribution in [0.4, 0.5) is 0 Å². The lowest BCUT2D eigenvalue weighted by Crippen LogP contribution is -2.40. The second kappa shape index (κ2) is 12.3. The standard InChI is InChI=1S/C30H26Br2N2O7S/c1-6-40-29(36)25-15(2)33-30-34(26(25)16-11-22(37-3)27(39-5)23(12-16)38-4)28(35)24(42-30)14-18-8-10-21(41-18)19-13-17(31)7-9-20(19)32/h7-14,26H,6H2,1-5H3/b24-14+/t26-/m1/s1. The molecule has 218 valence electrons. The average Bonchev–Trinajstić information content (AvgIpc) is 3.56. The van der Waals surface area contributed by atoms with Crippen LogP contribution in [0.25, 0.3) is 17.4 Å². The largest absolute Gasteiger partial charge is 0.493 e. The van der Waals surface area contributed by atoms with Crippen molar-refractivity contribution in [1.29, 1.82) is 0 Å². The van der Waals surface area contributed by atoms with Gasteiger partial charge in [0.2, 0.25) is 5.75 Å². The van der Waals surface area contributed by atoms with Crippen LogP contribution in [0.15, 0.2) is 76.9 Å². The van der Waals surface area contributed by atoms with E-state index in [0.29, 0.717) is 49.4 Å². The molecule has 0 spiro atoms. The molecule has 1 aliphatic heterocycles. The number of rotatable bonds is 8. The van der Waals surface area contributed by atoms with Gasteiger partial charge in [0.25, 0.3) is 5.56 Å². The molecule has 0 aliphatic carbocycles. The fraction of sp³-hybridized carbons (Fsp3) is 0.233. The Bertz CT molecular complexity index is 1880. The van der Waals surface area contributed by atoms with Gasteiger partial charge in [-0.05, 0) is 61.9 Å². The molecule has 0 amide bonds. The zero-order valence-electron chi connectivity index (χ0n) is 23.3. The smallest absolute Gasteiger partial charge is 0.338 e. The summed E-state index contributed by atoms with van der Waals surface area (Å²) in [6.45, 7) is 3.61. The lowest BCUT2D eigenvalue weighted by atomic mass is 9.95. The molecule has 12 heteroatoms. The molecule has 0 N–H and O–H groups in total. The minimum Gasteiger partial charge on any atom is -0.493 e. The molecule has 0 fully saturated rings. The Morgan fingerprint density at radius 1 is 1.07 bits per heavy atom. The summed E-state index contributed by atoms with van der Waals surface area (Å²) < 4.78 is 31.8. The highest BCUT2D eigenvalue weighted by atomic mass is 79.9. The summed E-state index contributed by atoms with van der Waals surface area (Å²) in [6.07, 6.45) is 1.68. The van der Waals surface area contributed by atoms with Crippen molar-refractivity contribution in [2.45, 2.75) is 19.9 Å². The molecule has 4 aromatic rings. The number of nitrogens with zero attached hydrogens (tertiary/aromatic N) is 2. The molecule has 5 rings (SSSR count). The van der Waals surface area contributed by atoms with Crippen molar-refractivity contribution in [3.05, 3.63) is 93.7 Å². The Morgan fingerprint density at radius 3 is 2.43 bits per heavy atom. The zero-order chi connectivity index (χ0) is 30.1. The molecule has 9 nitrogen and oxygen atoms in total. The van der Waals surface area contributed by atoms with Gasteiger partial charge in [0.1, 0.15) is 11.5 Å². The Kier molecular flexibility index (Phi) is 8.76. The van der Waals surface area contributed by atoms with Crippen LogP contribution < -0.4 is 29.1 Å². The van der Waals surface area contributed by atoms with Crippen molar-refractivity contribution in [2.24, 2.45) is 4.99 Å². The number of hydrogen-bond donors (Lipinski definition) is 0. The predicted molar refractivity (Wildman–Crippen MR) is 166 cm³/mol. The highest BCUT2D eigenvalue weighted by Gasteiger charge is 2.34. The molecule has 42 heavy (non-hydrogen) atoms. The van der Waals surface area contributed by atoms with Gasteiger partial charge in [0, 0.05) is 20.6 Å². The van der Waals surface area contributed by atoms with Crippen LogP contribution in [-0.2, 0) is 9.53 Å². The van der Waals surface area contributed by atoms with Crippen LogP contribution in [0.5, 0.6) is 17.2 Å². The van der Waals surface area contributed by atoms with E-state index in [2.05, 4.69) is 36.9 Å². The van der Waals surface area contributed by atoms with Crippen molar-refractivity contribution >= 4 is 55.2 Å². The quantitative estimate of drug-likeness (QED) is 0.219. The third kappa shape index (κ3) is 5.46. The molecule has 1 aliphatic rings. The van der Waals surface area contributed by atoms with E-state index in [-0.39, 0.29) is 17.7 Å². The van der Waals surface area contributed by atoms with E-state index >= 15 is 0 Å². The van der Waals surface area contributed by atoms with E-state index in [4.69, 9.17) is 23.4 Å². The maximum atomic E-state index is 14.0. The SMILES string of the molecule is CCOC(=O)C1=C(C)N=c2s/c(=C/c3ccc(-c4cc(Br)ccc4Br)o3)c(=O)n2[C@@H]1c1cc(OC)c(OC)c(OC)c1. The maximum Gasteiger partial charge on any atom is 0.338 e. The number of esters is 1. The van der Waals surface area contributed by atoms with E-state index in [9.17, 15) is 9.59 Å². The Labute approximate surface area is 262 Å². The fourth-order valence-electron chi connectivity index (χ4n) is 4.76. The third-order valence-corrected chi connectivity index (χ3v) is 8.78. The highest BCUT2D eigenvalue weighted by Crippen LogP contribution is 2.42. The summed E-state index contributed by atoms with van der Waals surface area (Å²) in [4.78, 5) is 32.3. The summed E-state index contributed by atoms with van der Waals surface area (Å²) in [6, 6.07) is 12.0. The second-order valence-corrected chi connectivity index (χ2v) is 11.9. The Balaban J connectivity index is 1.69. The Hall–Kier alpha value is -3.61. The topological polar surface area (TPSA) is 101 Å². The number of aromatic nitrogens is 1. The molecule has 0 unspecified atom stereocenters. The number of carbonyl (C=O) groups is 1. The monoisotopic (exact) mass is 716 g/mol. The van der Waals surface area contributed by atoms with E-state index in [1.54, 1.807) is 38.1 Å². The highest BCUT2D eigenvalue weighted by molar-refractivity contribution is 9.11. The summed E-state index contributed by atoms with van der Waals surface area (Å²) in [7, 11) is 4.51. The number of fused-ring (bicyclic) bond motifs is 1. The molecular formula is C30H26Br2N2O7S. The average molecular weight is 718 g/mol. The zero-order valence-corrected chi connectivity index (χ0v) is 27.3. The van der Waals surface area contributed by atoms with E-state index < -0.39 is 12.0 Å². The van der Waals surface area contributed by atoms with Gasteiger partial charge in [-0.1, -0.05) is 43.2 Å². The first-order valence-electron chi connectivity index (χ1n) is 12.8. The van der Waals surface area contributed by atoms with Crippen molar-refractivity contribution in [2.75, 3.05) is 27.9 Å². The number of thiazole rings is 1. The van der Waals surface area contributed by atoms with Gasteiger partial charge in [0.15, 0.2) is 16.3 Å². The van der Waals surface area contributed by atoms with Crippen molar-refractivity contribution in [1.82, 2.24) is 4.57 Å². The summed E-state index contributed by atoms with van der Waals surface area (Å²) in [5.41, 5.74) is 1.77. The van der Waals surface area contributed by atoms with Crippen LogP contribution in [0.2, 0.25) is 0 Å². The van der Waals surface area contributed by atoms with Gasteiger partial charge in [-0.3, -0.25) is 9.36 Å². The Morgan fingerprint density at radius 2 is 1.79 bits per heavy atom.